The molecule has 0 heterocycles. The molecule has 2 aromatic rings. The summed E-state index contributed by atoms with van der Waals surface area (Å²) in [5, 5.41) is 3.70. The minimum absolute atomic E-state index is 0.297. The molecule has 0 fully saturated rings. The molecule has 0 atom stereocenters. The van der Waals surface area contributed by atoms with Crippen molar-refractivity contribution in [3.05, 3.63) is 77.2 Å². The van der Waals surface area contributed by atoms with Crippen LogP contribution in [0.1, 0.15) is 11.1 Å². The fraction of sp³-hybridized carbons (Fsp3) is 0.118. The van der Waals surface area contributed by atoms with Crippen molar-refractivity contribution in [1.29, 1.82) is 0 Å². The standard InChI is InChI=1S/C17H18N2O3S/c20-17(18-13-16-9-5-2-6-10-16)14-19-23(21,22)12-11-15-7-3-1-4-8-15/h1-12,19H,13-14H2,(H,18,20)/b12-11+. The minimum atomic E-state index is -3.65. The monoisotopic (exact) mass is 330 g/mol. The van der Waals surface area contributed by atoms with Crippen LogP contribution in [0.2, 0.25) is 0 Å². The van der Waals surface area contributed by atoms with Gasteiger partial charge in [-0.3, -0.25) is 4.79 Å². The molecule has 2 N–H and O–H groups in total. The van der Waals surface area contributed by atoms with Crippen LogP contribution in [-0.2, 0) is 21.4 Å². The van der Waals surface area contributed by atoms with Gasteiger partial charge in [-0.2, -0.15) is 0 Å². The van der Waals surface area contributed by atoms with E-state index in [1.807, 2.05) is 48.5 Å². The Hall–Kier alpha value is -2.44. The van der Waals surface area contributed by atoms with Crippen LogP contribution < -0.4 is 10.0 Å². The number of carbonyl (C=O) groups is 1. The van der Waals surface area contributed by atoms with E-state index in [1.165, 1.54) is 6.08 Å². The summed E-state index contributed by atoms with van der Waals surface area (Å²) in [6.07, 6.45) is 1.48. The van der Waals surface area contributed by atoms with Crippen LogP contribution in [0.5, 0.6) is 0 Å². The van der Waals surface area contributed by atoms with E-state index in [0.717, 1.165) is 16.5 Å². The van der Waals surface area contributed by atoms with Crippen LogP contribution in [0.25, 0.3) is 6.08 Å². The van der Waals surface area contributed by atoms with Gasteiger partial charge in [0.25, 0.3) is 0 Å². The van der Waals surface area contributed by atoms with Gasteiger partial charge in [-0.15, -0.1) is 0 Å². The summed E-state index contributed by atoms with van der Waals surface area (Å²) >= 11 is 0. The minimum Gasteiger partial charge on any atom is -0.351 e. The third-order valence-electron chi connectivity index (χ3n) is 3.01. The van der Waals surface area contributed by atoms with Gasteiger partial charge in [0.2, 0.25) is 15.9 Å². The number of hydrogen-bond acceptors (Lipinski definition) is 3. The second-order valence-corrected chi connectivity index (χ2v) is 6.49. The van der Waals surface area contributed by atoms with Gasteiger partial charge in [0, 0.05) is 12.0 Å². The lowest BCUT2D eigenvalue weighted by molar-refractivity contribution is -0.120. The van der Waals surface area contributed by atoms with Gasteiger partial charge in [0.1, 0.15) is 0 Å². The van der Waals surface area contributed by atoms with Crippen molar-refractivity contribution in [3.8, 4) is 0 Å². The Bertz CT molecular complexity index is 757. The topological polar surface area (TPSA) is 75.3 Å². The van der Waals surface area contributed by atoms with Crippen molar-refractivity contribution in [2.45, 2.75) is 6.54 Å². The molecule has 6 heteroatoms. The summed E-state index contributed by atoms with van der Waals surface area (Å²) in [6.45, 7) is 0.0650. The average molecular weight is 330 g/mol. The summed E-state index contributed by atoms with van der Waals surface area (Å²) in [5.74, 6) is -0.384. The SMILES string of the molecule is O=C(CNS(=O)(=O)/C=C/c1ccccc1)NCc1ccccc1. The highest BCUT2D eigenvalue weighted by atomic mass is 32.2. The average Bonchev–Trinajstić information content (AvgIpc) is 2.58. The zero-order valence-corrected chi connectivity index (χ0v) is 13.3. The van der Waals surface area contributed by atoms with Gasteiger partial charge < -0.3 is 5.32 Å². The van der Waals surface area contributed by atoms with Gasteiger partial charge >= 0.3 is 0 Å². The number of rotatable bonds is 7. The fourth-order valence-corrected chi connectivity index (χ4v) is 2.57. The van der Waals surface area contributed by atoms with E-state index >= 15 is 0 Å². The molecular formula is C17H18N2O3S. The quantitative estimate of drug-likeness (QED) is 0.814. The second kappa shape index (κ2) is 8.26. The summed E-state index contributed by atoms with van der Waals surface area (Å²) < 4.78 is 25.8. The number of amides is 1. The van der Waals surface area contributed by atoms with Gasteiger partial charge in [-0.05, 0) is 17.2 Å². The van der Waals surface area contributed by atoms with Crippen molar-refractivity contribution in [3.63, 3.8) is 0 Å². The molecule has 0 aromatic heterocycles. The molecule has 0 aliphatic heterocycles. The van der Waals surface area contributed by atoms with E-state index in [9.17, 15) is 13.2 Å². The Morgan fingerprint density at radius 1 is 0.957 bits per heavy atom. The summed E-state index contributed by atoms with van der Waals surface area (Å²) in [4.78, 5) is 11.7. The Morgan fingerprint density at radius 3 is 2.22 bits per heavy atom. The first-order valence-electron chi connectivity index (χ1n) is 7.08. The van der Waals surface area contributed by atoms with Crippen molar-refractivity contribution in [2.24, 2.45) is 0 Å². The van der Waals surface area contributed by atoms with Crippen LogP contribution in [0.15, 0.2) is 66.1 Å². The molecule has 0 aliphatic rings. The Kier molecular flexibility index (Phi) is 6.08. The molecule has 0 radical (unpaired) electrons. The lowest BCUT2D eigenvalue weighted by Gasteiger charge is -2.06. The Balaban J connectivity index is 1.79. The summed E-state index contributed by atoms with van der Waals surface area (Å²) in [7, 11) is -3.65. The zero-order chi connectivity index (χ0) is 16.5. The highest BCUT2D eigenvalue weighted by molar-refractivity contribution is 7.92. The van der Waals surface area contributed by atoms with Gasteiger partial charge in [0.15, 0.2) is 0 Å². The normalized spacial score (nSPS) is 11.5. The van der Waals surface area contributed by atoms with Gasteiger partial charge in [0.05, 0.1) is 6.54 Å². The number of nitrogens with one attached hydrogen (secondary N) is 2. The second-order valence-electron chi connectivity index (χ2n) is 4.84. The lowest BCUT2D eigenvalue weighted by atomic mass is 10.2. The molecule has 0 bridgehead atoms. The molecule has 1 amide bonds. The van der Waals surface area contributed by atoms with E-state index in [0.29, 0.717) is 6.54 Å². The van der Waals surface area contributed by atoms with E-state index in [1.54, 1.807) is 12.1 Å². The predicted molar refractivity (Wildman–Crippen MR) is 90.7 cm³/mol. The first-order chi connectivity index (χ1) is 11.1. The van der Waals surface area contributed by atoms with E-state index in [4.69, 9.17) is 0 Å². The largest absolute Gasteiger partial charge is 0.351 e. The molecule has 5 nitrogen and oxygen atoms in total. The summed E-state index contributed by atoms with van der Waals surface area (Å²) in [6, 6.07) is 18.5. The number of hydrogen-bond donors (Lipinski definition) is 2. The maximum Gasteiger partial charge on any atom is 0.235 e. The number of benzene rings is 2. The molecule has 2 rings (SSSR count). The van der Waals surface area contributed by atoms with E-state index < -0.39 is 10.0 Å². The molecule has 2 aromatic carbocycles. The van der Waals surface area contributed by atoms with Crippen molar-refractivity contribution in [1.82, 2.24) is 10.0 Å². The highest BCUT2D eigenvalue weighted by Gasteiger charge is 2.08. The molecule has 0 saturated carbocycles. The Morgan fingerprint density at radius 2 is 1.57 bits per heavy atom. The van der Waals surface area contributed by atoms with Crippen LogP contribution in [0.4, 0.5) is 0 Å². The number of carbonyl (C=O) groups excluding carboxylic acids is 1. The molecule has 23 heavy (non-hydrogen) atoms. The van der Waals surface area contributed by atoms with E-state index in [-0.39, 0.29) is 12.5 Å². The maximum absolute atomic E-state index is 11.8. The van der Waals surface area contributed by atoms with Crippen LogP contribution in [0.3, 0.4) is 0 Å². The third-order valence-corrected chi connectivity index (χ3v) is 4.05. The Labute approximate surface area is 136 Å². The maximum atomic E-state index is 11.8. The zero-order valence-electron chi connectivity index (χ0n) is 12.5. The molecule has 0 saturated heterocycles. The first-order valence-corrected chi connectivity index (χ1v) is 8.63. The molecule has 0 unspecified atom stereocenters. The van der Waals surface area contributed by atoms with Crippen LogP contribution in [-0.4, -0.2) is 20.9 Å². The molecule has 0 spiro atoms. The van der Waals surface area contributed by atoms with Gasteiger partial charge in [-0.1, -0.05) is 60.7 Å². The smallest absolute Gasteiger partial charge is 0.235 e. The molecule has 0 aliphatic carbocycles. The lowest BCUT2D eigenvalue weighted by Crippen LogP contribution is -2.35. The first kappa shape index (κ1) is 16.9. The predicted octanol–water partition coefficient (Wildman–Crippen LogP) is 1.89. The third kappa shape index (κ3) is 6.46. The van der Waals surface area contributed by atoms with Crippen molar-refractivity contribution < 1.29 is 13.2 Å². The van der Waals surface area contributed by atoms with E-state index in [2.05, 4.69) is 10.0 Å². The van der Waals surface area contributed by atoms with Crippen LogP contribution >= 0.6 is 0 Å². The molecular weight excluding hydrogens is 312 g/mol. The van der Waals surface area contributed by atoms with Gasteiger partial charge in [-0.25, -0.2) is 13.1 Å². The highest BCUT2D eigenvalue weighted by Crippen LogP contribution is 2.02. The van der Waals surface area contributed by atoms with Crippen molar-refractivity contribution in [2.75, 3.05) is 6.54 Å². The number of sulfonamides is 1. The summed E-state index contributed by atoms with van der Waals surface area (Å²) in [5.41, 5.74) is 1.72. The van der Waals surface area contributed by atoms with Crippen molar-refractivity contribution >= 4 is 22.0 Å². The van der Waals surface area contributed by atoms with Crippen LogP contribution in [0, 0.1) is 0 Å². The molecule has 120 valence electrons. The fourth-order valence-electron chi connectivity index (χ4n) is 1.81.